The molecule has 0 saturated heterocycles. The first-order valence-electron chi connectivity index (χ1n) is 9.28. The number of nitrogens with zero attached hydrogens (tertiary/aromatic N) is 1. The van der Waals surface area contributed by atoms with Gasteiger partial charge in [-0.05, 0) is 31.0 Å². The van der Waals surface area contributed by atoms with Crippen molar-refractivity contribution < 1.29 is 23.9 Å². The Morgan fingerprint density at radius 3 is 2.97 bits per heavy atom. The third-order valence-electron chi connectivity index (χ3n) is 4.30. The van der Waals surface area contributed by atoms with Gasteiger partial charge in [0.15, 0.2) is 6.10 Å². The number of H-pyrrole nitrogens is 1. The van der Waals surface area contributed by atoms with Gasteiger partial charge in [0, 0.05) is 25.2 Å². The van der Waals surface area contributed by atoms with E-state index in [4.69, 9.17) is 15.2 Å². The number of carbonyl (C=O) groups excluding carboxylic acids is 3. The van der Waals surface area contributed by atoms with Crippen molar-refractivity contribution in [3.8, 4) is 5.75 Å². The van der Waals surface area contributed by atoms with Gasteiger partial charge in [-0.2, -0.15) is 0 Å². The molecule has 0 aliphatic carbocycles. The second kappa shape index (κ2) is 9.20. The number of rotatable bonds is 8. The maximum Gasteiger partial charge on any atom is 0.323 e. The minimum Gasteiger partial charge on any atom is -0.478 e. The van der Waals surface area contributed by atoms with Crippen molar-refractivity contribution >= 4 is 29.4 Å². The van der Waals surface area contributed by atoms with Gasteiger partial charge in [-0.1, -0.05) is 6.07 Å². The van der Waals surface area contributed by atoms with E-state index in [0.29, 0.717) is 17.4 Å². The highest BCUT2D eigenvalue weighted by molar-refractivity contribution is 5.98. The summed E-state index contributed by atoms with van der Waals surface area (Å²) in [5.41, 5.74) is 7.11. The fraction of sp³-hybridized carbons (Fsp3) is 0.368. The molecule has 0 spiro atoms. The molecule has 2 amide bonds. The lowest BCUT2D eigenvalue weighted by Crippen LogP contribution is -2.38. The normalized spacial score (nSPS) is 16.2. The second-order valence-electron chi connectivity index (χ2n) is 6.51. The van der Waals surface area contributed by atoms with Crippen LogP contribution in [0, 0.1) is 0 Å². The number of nitrogens with two attached hydrogens (primary N) is 1. The Labute approximate surface area is 167 Å². The maximum atomic E-state index is 12.3. The molecule has 2 aromatic rings. The third-order valence-corrected chi connectivity index (χ3v) is 4.30. The van der Waals surface area contributed by atoms with E-state index in [1.54, 1.807) is 31.3 Å². The number of aromatic amines is 1. The zero-order chi connectivity index (χ0) is 20.8. The topological polar surface area (TPSA) is 148 Å². The summed E-state index contributed by atoms with van der Waals surface area (Å²) in [5, 5.41) is 5.37. The van der Waals surface area contributed by atoms with E-state index in [1.807, 2.05) is 0 Å². The first-order valence-corrected chi connectivity index (χ1v) is 9.28. The fourth-order valence-corrected chi connectivity index (χ4v) is 2.89. The standard InChI is InChI=1S/C19H23N5O5/c1-2-28-18(27)12(20)9-11-3-4-14-13(10-11)23-17(26)15(29-14)5-6-16(25)24-19-21-7-8-22-19/h3-4,7-8,10,12,15H,2,5-6,9,20H2,1H3,(H,23,26)(H2,21,22,24,25)/t12?,15-/m0/s1. The molecule has 10 nitrogen and oxygen atoms in total. The molecule has 154 valence electrons. The molecule has 1 unspecified atom stereocenters. The predicted molar refractivity (Wildman–Crippen MR) is 104 cm³/mol. The zero-order valence-electron chi connectivity index (χ0n) is 15.9. The molecule has 2 atom stereocenters. The summed E-state index contributed by atoms with van der Waals surface area (Å²) < 4.78 is 10.6. The van der Waals surface area contributed by atoms with E-state index in [-0.39, 0.29) is 37.7 Å². The van der Waals surface area contributed by atoms with Crippen molar-refractivity contribution in [1.82, 2.24) is 9.97 Å². The summed E-state index contributed by atoms with van der Waals surface area (Å²) in [6, 6.07) is 4.41. The molecular formula is C19H23N5O5. The average Bonchev–Trinajstić information content (AvgIpc) is 3.19. The average molecular weight is 401 g/mol. The van der Waals surface area contributed by atoms with Crippen LogP contribution in [0.5, 0.6) is 5.75 Å². The number of nitrogens with one attached hydrogen (secondary N) is 3. The van der Waals surface area contributed by atoms with E-state index in [1.165, 1.54) is 6.20 Å². The number of esters is 1. The molecule has 0 saturated carbocycles. The van der Waals surface area contributed by atoms with E-state index in [0.717, 1.165) is 5.56 Å². The SMILES string of the molecule is CCOC(=O)C(N)Cc1ccc2c(c1)NC(=O)[C@H](CCC(=O)Nc1ncc[nH]1)O2. The molecule has 1 aromatic heterocycles. The summed E-state index contributed by atoms with van der Waals surface area (Å²) in [6.45, 7) is 1.98. The smallest absolute Gasteiger partial charge is 0.323 e. The number of benzene rings is 1. The number of ether oxygens (including phenoxy) is 2. The number of fused-ring (bicyclic) bond motifs is 1. The van der Waals surface area contributed by atoms with Crippen LogP contribution in [0.4, 0.5) is 11.6 Å². The number of carbonyl (C=O) groups is 3. The lowest BCUT2D eigenvalue weighted by molar-refractivity contribution is -0.144. The van der Waals surface area contributed by atoms with Gasteiger partial charge in [0.2, 0.25) is 11.9 Å². The maximum absolute atomic E-state index is 12.3. The van der Waals surface area contributed by atoms with Gasteiger partial charge < -0.3 is 25.5 Å². The van der Waals surface area contributed by atoms with E-state index < -0.39 is 18.1 Å². The highest BCUT2D eigenvalue weighted by Crippen LogP contribution is 2.32. The Morgan fingerprint density at radius 2 is 2.24 bits per heavy atom. The third kappa shape index (κ3) is 5.32. The number of hydrogen-bond acceptors (Lipinski definition) is 7. The number of aromatic nitrogens is 2. The number of anilines is 2. The minimum atomic E-state index is -0.784. The van der Waals surface area contributed by atoms with Crippen molar-refractivity contribution in [3.05, 3.63) is 36.2 Å². The Hall–Kier alpha value is -3.40. The van der Waals surface area contributed by atoms with Crippen LogP contribution in [0.25, 0.3) is 0 Å². The first-order chi connectivity index (χ1) is 14.0. The highest BCUT2D eigenvalue weighted by Gasteiger charge is 2.28. The van der Waals surface area contributed by atoms with Gasteiger partial charge in [-0.25, -0.2) is 4.98 Å². The molecule has 5 N–H and O–H groups in total. The van der Waals surface area contributed by atoms with Crippen molar-refractivity contribution in [2.24, 2.45) is 5.73 Å². The molecule has 1 aromatic carbocycles. The van der Waals surface area contributed by atoms with Crippen LogP contribution in [0.3, 0.4) is 0 Å². The fourth-order valence-electron chi connectivity index (χ4n) is 2.89. The minimum absolute atomic E-state index is 0.0978. The molecule has 0 radical (unpaired) electrons. The van der Waals surface area contributed by atoms with Crippen molar-refractivity contribution in [2.75, 3.05) is 17.2 Å². The van der Waals surface area contributed by atoms with Gasteiger partial charge in [0.25, 0.3) is 5.91 Å². The molecule has 1 aliphatic heterocycles. The van der Waals surface area contributed by atoms with E-state index >= 15 is 0 Å². The predicted octanol–water partition coefficient (Wildman–Crippen LogP) is 0.961. The molecule has 1 aliphatic rings. The first kappa shape index (κ1) is 20.3. The van der Waals surface area contributed by atoms with E-state index in [9.17, 15) is 14.4 Å². The summed E-state index contributed by atoms with van der Waals surface area (Å²) >= 11 is 0. The van der Waals surface area contributed by atoms with Gasteiger partial charge in [-0.15, -0.1) is 0 Å². The number of hydrogen-bond donors (Lipinski definition) is 4. The van der Waals surface area contributed by atoms with Crippen LogP contribution in [0.1, 0.15) is 25.3 Å². The highest BCUT2D eigenvalue weighted by atomic mass is 16.5. The summed E-state index contributed by atoms with van der Waals surface area (Å²) in [6.07, 6.45) is 2.93. The van der Waals surface area contributed by atoms with Crippen LogP contribution < -0.4 is 21.1 Å². The Kier molecular flexibility index (Phi) is 6.45. The van der Waals surface area contributed by atoms with E-state index in [2.05, 4.69) is 20.6 Å². The summed E-state index contributed by atoms with van der Waals surface area (Å²) in [5.74, 6) is -0.239. The Bertz CT molecular complexity index is 883. The largest absolute Gasteiger partial charge is 0.478 e. The molecule has 2 heterocycles. The number of imidazole rings is 1. The Morgan fingerprint density at radius 1 is 1.41 bits per heavy atom. The summed E-state index contributed by atoms with van der Waals surface area (Å²) in [4.78, 5) is 42.6. The van der Waals surface area contributed by atoms with Gasteiger partial charge >= 0.3 is 5.97 Å². The van der Waals surface area contributed by atoms with Crippen molar-refractivity contribution in [2.45, 2.75) is 38.3 Å². The summed E-state index contributed by atoms with van der Waals surface area (Å²) in [7, 11) is 0. The molecule has 0 bridgehead atoms. The van der Waals surface area contributed by atoms with Crippen LogP contribution >= 0.6 is 0 Å². The number of amides is 2. The van der Waals surface area contributed by atoms with Gasteiger partial charge in [0.05, 0.1) is 12.3 Å². The van der Waals surface area contributed by atoms with Crippen molar-refractivity contribution in [1.29, 1.82) is 0 Å². The zero-order valence-corrected chi connectivity index (χ0v) is 15.9. The lowest BCUT2D eigenvalue weighted by atomic mass is 10.0. The van der Waals surface area contributed by atoms with Crippen molar-refractivity contribution in [3.63, 3.8) is 0 Å². The Balaban J connectivity index is 1.56. The van der Waals surface area contributed by atoms with Crippen LogP contribution in [-0.4, -0.2) is 46.5 Å². The molecule has 29 heavy (non-hydrogen) atoms. The molecule has 0 fully saturated rings. The van der Waals surface area contributed by atoms with Gasteiger partial charge in [-0.3, -0.25) is 19.7 Å². The van der Waals surface area contributed by atoms with Crippen LogP contribution in [0.15, 0.2) is 30.6 Å². The second-order valence-corrected chi connectivity index (χ2v) is 6.51. The quantitative estimate of drug-likeness (QED) is 0.481. The molecule has 10 heteroatoms. The van der Waals surface area contributed by atoms with Crippen LogP contribution in [-0.2, 0) is 25.5 Å². The molecule has 3 rings (SSSR count). The molecular weight excluding hydrogens is 378 g/mol. The lowest BCUT2D eigenvalue weighted by Gasteiger charge is -2.26. The monoisotopic (exact) mass is 401 g/mol. The van der Waals surface area contributed by atoms with Crippen LogP contribution in [0.2, 0.25) is 0 Å². The van der Waals surface area contributed by atoms with Gasteiger partial charge in [0.1, 0.15) is 11.8 Å².